The zero-order chi connectivity index (χ0) is 9.97. The molecule has 1 heterocycles. The van der Waals surface area contributed by atoms with Crippen LogP contribution in [0.2, 0.25) is 0 Å². The summed E-state index contributed by atoms with van der Waals surface area (Å²) in [6, 6.07) is 1.71. The molecule has 0 radical (unpaired) electrons. The number of rotatable bonds is 2. The van der Waals surface area contributed by atoms with E-state index in [9.17, 15) is 0 Å². The van der Waals surface area contributed by atoms with Gasteiger partial charge in [-0.3, -0.25) is 0 Å². The summed E-state index contributed by atoms with van der Waals surface area (Å²) in [5, 5.41) is 3.86. The maximum atomic E-state index is 3.86. The highest BCUT2D eigenvalue weighted by Crippen LogP contribution is 2.33. The summed E-state index contributed by atoms with van der Waals surface area (Å²) < 4.78 is 0. The highest BCUT2D eigenvalue weighted by molar-refractivity contribution is 4.91. The van der Waals surface area contributed by atoms with Gasteiger partial charge in [0.15, 0.2) is 0 Å². The Morgan fingerprint density at radius 3 is 2.71 bits per heavy atom. The average molecular weight is 195 g/mol. The third kappa shape index (κ3) is 2.50. The molecule has 0 bridgehead atoms. The van der Waals surface area contributed by atoms with Crippen LogP contribution in [-0.4, -0.2) is 12.1 Å². The van der Waals surface area contributed by atoms with E-state index in [1.54, 1.807) is 0 Å². The van der Waals surface area contributed by atoms with Crippen molar-refractivity contribution in [1.29, 1.82) is 0 Å². The van der Waals surface area contributed by atoms with Crippen LogP contribution in [0.5, 0.6) is 0 Å². The Labute approximate surface area is 88.7 Å². The second kappa shape index (κ2) is 4.65. The van der Waals surface area contributed by atoms with Gasteiger partial charge in [0.05, 0.1) is 0 Å². The molecule has 0 amide bonds. The lowest BCUT2D eigenvalue weighted by molar-refractivity contribution is 0.421. The fourth-order valence-electron chi connectivity index (χ4n) is 3.36. The topological polar surface area (TPSA) is 12.0 Å². The average Bonchev–Trinajstić information content (AvgIpc) is 2.34. The molecule has 1 nitrogen and oxygen atoms in total. The molecule has 1 aliphatic carbocycles. The second-order valence-electron chi connectivity index (χ2n) is 5.73. The zero-order valence-corrected chi connectivity index (χ0v) is 9.76. The van der Waals surface area contributed by atoms with E-state index in [-0.39, 0.29) is 0 Å². The van der Waals surface area contributed by atoms with Crippen LogP contribution in [0.1, 0.15) is 58.8 Å². The highest BCUT2D eigenvalue weighted by Gasteiger charge is 2.33. The van der Waals surface area contributed by atoms with E-state index < -0.39 is 0 Å². The third-order valence-corrected chi connectivity index (χ3v) is 3.95. The van der Waals surface area contributed by atoms with Crippen molar-refractivity contribution in [3.05, 3.63) is 0 Å². The molecule has 3 atom stereocenters. The molecular weight excluding hydrogens is 170 g/mol. The van der Waals surface area contributed by atoms with Crippen molar-refractivity contribution in [3.63, 3.8) is 0 Å². The Bertz CT molecular complexity index is 162. The van der Waals surface area contributed by atoms with Gasteiger partial charge in [0, 0.05) is 12.1 Å². The van der Waals surface area contributed by atoms with Crippen molar-refractivity contribution in [1.82, 2.24) is 5.32 Å². The first kappa shape index (κ1) is 10.5. The second-order valence-corrected chi connectivity index (χ2v) is 5.73. The quantitative estimate of drug-likeness (QED) is 0.712. The summed E-state index contributed by atoms with van der Waals surface area (Å²) in [6.07, 6.45) is 10.2. The Morgan fingerprint density at radius 1 is 1.14 bits per heavy atom. The molecule has 82 valence electrons. The lowest BCUT2D eigenvalue weighted by Gasteiger charge is -2.16. The van der Waals surface area contributed by atoms with E-state index in [0.717, 1.165) is 23.9 Å². The fourth-order valence-corrected chi connectivity index (χ4v) is 3.36. The van der Waals surface area contributed by atoms with Gasteiger partial charge in [-0.25, -0.2) is 0 Å². The Kier molecular flexibility index (Phi) is 3.48. The van der Waals surface area contributed by atoms with Gasteiger partial charge in [0.1, 0.15) is 0 Å². The van der Waals surface area contributed by atoms with E-state index in [1.165, 1.54) is 44.9 Å². The Morgan fingerprint density at radius 2 is 1.93 bits per heavy atom. The van der Waals surface area contributed by atoms with Gasteiger partial charge in [-0.1, -0.05) is 33.1 Å². The van der Waals surface area contributed by atoms with Crippen molar-refractivity contribution in [2.75, 3.05) is 0 Å². The molecule has 2 fully saturated rings. The van der Waals surface area contributed by atoms with E-state index in [1.807, 2.05) is 0 Å². The summed E-state index contributed by atoms with van der Waals surface area (Å²) in [5.74, 6) is 1.87. The summed E-state index contributed by atoms with van der Waals surface area (Å²) >= 11 is 0. The van der Waals surface area contributed by atoms with Crippen molar-refractivity contribution in [2.45, 2.75) is 70.9 Å². The molecule has 0 spiro atoms. The lowest BCUT2D eigenvalue weighted by Crippen LogP contribution is -2.31. The van der Waals surface area contributed by atoms with Gasteiger partial charge in [-0.05, 0) is 37.5 Å². The molecular formula is C13H25N. The summed E-state index contributed by atoms with van der Waals surface area (Å²) in [6.45, 7) is 4.69. The van der Waals surface area contributed by atoms with Crippen molar-refractivity contribution in [3.8, 4) is 0 Å². The predicted octanol–water partition coefficient (Wildman–Crippen LogP) is 3.34. The van der Waals surface area contributed by atoms with Gasteiger partial charge < -0.3 is 5.32 Å². The number of hydrogen-bond acceptors (Lipinski definition) is 1. The predicted molar refractivity (Wildman–Crippen MR) is 61.4 cm³/mol. The van der Waals surface area contributed by atoms with Gasteiger partial charge in [-0.2, -0.15) is 0 Å². The van der Waals surface area contributed by atoms with E-state index in [2.05, 4.69) is 19.2 Å². The molecule has 1 saturated carbocycles. The van der Waals surface area contributed by atoms with Crippen molar-refractivity contribution < 1.29 is 0 Å². The third-order valence-electron chi connectivity index (χ3n) is 3.95. The van der Waals surface area contributed by atoms with Crippen LogP contribution in [-0.2, 0) is 0 Å². The molecule has 0 aromatic carbocycles. The number of fused-ring (bicyclic) bond motifs is 1. The molecule has 1 heteroatoms. The minimum Gasteiger partial charge on any atom is -0.311 e. The molecule has 2 aliphatic rings. The molecule has 1 N–H and O–H groups in total. The molecule has 2 rings (SSSR count). The van der Waals surface area contributed by atoms with Crippen LogP contribution >= 0.6 is 0 Å². The number of nitrogens with one attached hydrogen (secondary N) is 1. The molecule has 0 aromatic heterocycles. The van der Waals surface area contributed by atoms with Gasteiger partial charge in [0.2, 0.25) is 0 Å². The van der Waals surface area contributed by atoms with Gasteiger partial charge >= 0.3 is 0 Å². The van der Waals surface area contributed by atoms with Crippen molar-refractivity contribution in [2.24, 2.45) is 11.8 Å². The molecule has 14 heavy (non-hydrogen) atoms. The van der Waals surface area contributed by atoms with E-state index >= 15 is 0 Å². The number of hydrogen-bond donors (Lipinski definition) is 1. The van der Waals surface area contributed by atoms with Crippen LogP contribution in [0.3, 0.4) is 0 Å². The van der Waals surface area contributed by atoms with E-state index in [0.29, 0.717) is 0 Å². The zero-order valence-electron chi connectivity index (χ0n) is 9.76. The first-order valence-corrected chi connectivity index (χ1v) is 6.51. The standard InChI is InChI=1S/C13H25N/c1-10(2)8-12-9-11-6-4-3-5-7-13(11)14-12/h10-14H,3-9H2,1-2H3. The molecule has 1 saturated heterocycles. The summed E-state index contributed by atoms with van der Waals surface area (Å²) in [4.78, 5) is 0. The summed E-state index contributed by atoms with van der Waals surface area (Å²) in [5.41, 5.74) is 0. The van der Waals surface area contributed by atoms with Gasteiger partial charge in [-0.15, -0.1) is 0 Å². The smallest absolute Gasteiger partial charge is 0.00985 e. The molecule has 0 aromatic rings. The Hall–Kier alpha value is -0.0400. The normalized spacial score (nSPS) is 38.4. The summed E-state index contributed by atoms with van der Waals surface area (Å²) in [7, 11) is 0. The van der Waals surface area contributed by atoms with Gasteiger partial charge in [0.25, 0.3) is 0 Å². The van der Waals surface area contributed by atoms with Crippen LogP contribution in [0, 0.1) is 11.8 Å². The molecule has 1 aliphatic heterocycles. The van der Waals surface area contributed by atoms with Crippen LogP contribution in [0.15, 0.2) is 0 Å². The van der Waals surface area contributed by atoms with Crippen LogP contribution in [0.25, 0.3) is 0 Å². The van der Waals surface area contributed by atoms with Crippen LogP contribution in [0.4, 0.5) is 0 Å². The Balaban J connectivity index is 1.85. The first-order valence-electron chi connectivity index (χ1n) is 6.51. The minimum absolute atomic E-state index is 0.836. The fraction of sp³-hybridized carbons (Fsp3) is 1.00. The van der Waals surface area contributed by atoms with Crippen LogP contribution < -0.4 is 5.32 Å². The minimum atomic E-state index is 0.836. The first-order chi connectivity index (χ1) is 6.75. The maximum Gasteiger partial charge on any atom is 0.00985 e. The monoisotopic (exact) mass is 195 g/mol. The van der Waals surface area contributed by atoms with Crippen molar-refractivity contribution >= 4 is 0 Å². The highest BCUT2D eigenvalue weighted by atomic mass is 15.0. The lowest BCUT2D eigenvalue weighted by atomic mass is 9.92. The van der Waals surface area contributed by atoms with E-state index in [4.69, 9.17) is 0 Å². The molecule has 3 unspecified atom stereocenters. The largest absolute Gasteiger partial charge is 0.311 e. The SMILES string of the molecule is CC(C)CC1CC2CCCCCC2N1. The maximum absolute atomic E-state index is 3.86.